The minimum atomic E-state index is 0.717. The van der Waals surface area contributed by atoms with Gasteiger partial charge in [-0.3, -0.25) is 0 Å². The van der Waals surface area contributed by atoms with Crippen molar-refractivity contribution in [2.24, 2.45) is 0 Å². The summed E-state index contributed by atoms with van der Waals surface area (Å²) in [5, 5.41) is 0.717. The summed E-state index contributed by atoms with van der Waals surface area (Å²) in [5.41, 5.74) is 0.861. The number of benzene rings is 1. The Morgan fingerprint density at radius 2 is 1.64 bits per heavy atom. The van der Waals surface area contributed by atoms with Crippen molar-refractivity contribution >= 4 is 11.6 Å². The summed E-state index contributed by atoms with van der Waals surface area (Å²) in [6, 6.07) is 7.16. The van der Waals surface area contributed by atoms with Crippen LogP contribution >= 0.6 is 11.6 Å². The third-order valence-corrected chi connectivity index (χ3v) is 1.26. The van der Waals surface area contributed by atoms with E-state index in [0.29, 0.717) is 5.02 Å². The van der Waals surface area contributed by atoms with Crippen molar-refractivity contribution in [3.63, 3.8) is 0 Å². The molecule has 0 aliphatic heterocycles. The van der Waals surface area contributed by atoms with Gasteiger partial charge in [-0.05, 0) is 24.3 Å². The van der Waals surface area contributed by atoms with E-state index in [1.54, 1.807) is 12.1 Å². The molecular weight excluding hydrogens is 156 g/mol. The Labute approximate surface area is 73.2 Å². The fourth-order valence-electron chi connectivity index (χ4n) is 0.546. The molecule has 0 saturated heterocycles. The van der Waals surface area contributed by atoms with Crippen LogP contribution in [0.25, 0.3) is 0 Å². The number of rotatable bonds is 0. The van der Waals surface area contributed by atoms with Crippen LogP contribution in [0, 0.1) is 12.3 Å². The van der Waals surface area contributed by atoms with Gasteiger partial charge < -0.3 is 0 Å². The van der Waals surface area contributed by atoms with Crippen molar-refractivity contribution in [2.75, 3.05) is 0 Å². The molecule has 1 aromatic rings. The predicted octanol–water partition coefficient (Wildman–Crippen LogP) is 3.35. The van der Waals surface area contributed by atoms with Crippen molar-refractivity contribution in [3.05, 3.63) is 34.9 Å². The normalized spacial score (nSPS) is 7.45. The molecular formula is C10H11Cl. The summed E-state index contributed by atoms with van der Waals surface area (Å²) in [5.74, 6) is 2.50. The first-order valence-corrected chi connectivity index (χ1v) is 3.93. The van der Waals surface area contributed by atoms with Crippen molar-refractivity contribution in [1.29, 1.82) is 0 Å². The molecule has 0 spiro atoms. The summed E-state index contributed by atoms with van der Waals surface area (Å²) >= 11 is 5.60. The molecule has 0 unspecified atom stereocenters. The van der Waals surface area contributed by atoms with E-state index in [1.165, 1.54) is 0 Å². The first kappa shape index (κ1) is 10.1. The first-order valence-electron chi connectivity index (χ1n) is 3.55. The van der Waals surface area contributed by atoms with Crippen LogP contribution in [0.15, 0.2) is 24.3 Å². The first-order chi connectivity index (χ1) is 5.33. The summed E-state index contributed by atoms with van der Waals surface area (Å²) in [6.07, 6.45) is 5.11. The standard InChI is InChI=1S/C8H5Cl.C2H6/c1-2-7-3-5-8(9)6-4-7;1-2/h1,3-6H;1-2H3. The van der Waals surface area contributed by atoms with Crippen LogP contribution in [0.1, 0.15) is 19.4 Å². The Kier molecular flexibility index (Phi) is 5.33. The molecule has 0 bridgehead atoms. The fourth-order valence-corrected chi connectivity index (χ4v) is 0.672. The van der Waals surface area contributed by atoms with Gasteiger partial charge in [0.25, 0.3) is 0 Å². The Morgan fingerprint density at radius 3 is 2.00 bits per heavy atom. The maximum Gasteiger partial charge on any atom is 0.0406 e. The lowest BCUT2D eigenvalue weighted by molar-refractivity contribution is 1.50. The van der Waals surface area contributed by atoms with Crippen molar-refractivity contribution < 1.29 is 0 Å². The van der Waals surface area contributed by atoms with E-state index in [0.717, 1.165) is 5.56 Å². The van der Waals surface area contributed by atoms with Crippen molar-refractivity contribution in [3.8, 4) is 12.3 Å². The summed E-state index contributed by atoms with van der Waals surface area (Å²) in [7, 11) is 0. The van der Waals surface area contributed by atoms with Crippen LogP contribution in [0.4, 0.5) is 0 Å². The molecule has 58 valence electrons. The number of terminal acetylenes is 1. The highest BCUT2D eigenvalue weighted by Crippen LogP contribution is 2.07. The molecule has 11 heavy (non-hydrogen) atoms. The Morgan fingerprint density at radius 1 is 1.18 bits per heavy atom. The highest BCUT2D eigenvalue weighted by Gasteiger charge is 1.84. The van der Waals surface area contributed by atoms with Gasteiger partial charge >= 0.3 is 0 Å². The van der Waals surface area contributed by atoms with Crippen molar-refractivity contribution in [1.82, 2.24) is 0 Å². The van der Waals surface area contributed by atoms with Gasteiger partial charge in [0.1, 0.15) is 0 Å². The smallest absolute Gasteiger partial charge is 0.0406 e. The third-order valence-electron chi connectivity index (χ3n) is 1.01. The second kappa shape index (κ2) is 5.82. The molecule has 0 N–H and O–H groups in total. The molecule has 1 heteroatoms. The van der Waals surface area contributed by atoms with Crippen LogP contribution in [0.3, 0.4) is 0 Å². The van der Waals surface area contributed by atoms with E-state index in [1.807, 2.05) is 26.0 Å². The average Bonchev–Trinajstić information content (AvgIpc) is 2.10. The van der Waals surface area contributed by atoms with Gasteiger partial charge in [-0.25, -0.2) is 0 Å². The van der Waals surface area contributed by atoms with Crippen LogP contribution in [-0.4, -0.2) is 0 Å². The molecule has 0 aliphatic carbocycles. The van der Waals surface area contributed by atoms with E-state index < -0.39 is 0 Å². The molecule has 0 atom stereocenters. The van der Waals surface area contributed by atoms with Crippen LogP contribution in [-0.2, 0) is 0 Å². The maximum atomic E-state index is 5.60. The Balaban J connectivity index is 0.000000461. The summed E-state index contributed by atoms with van der Waals surface area (Å²) in [4.78, 5) is 0. The number of halogens is 1. The molecule has 0 radical (unpaired) electrons. The molecule has 0 fully saturated rings. The zero-order chi connectivity index (χ0) is 8.69. The quantitative estimate of drug-likeness (QED) is 0.519. The minimum absolute atomic E-state index is 0.717. The maximum absolute atomic E-state index is 5.60. The molecule has 0 nitrogen and oxygen atoms in total. The van der Waals surface area contributed by atoms with Gasteiger partial charge in [0.2, 0.25) is 0 Å². The molecule has 0 heterocycles. The van der Waals surface area contributed by atoms with Gasteiger partial charge in [-0.1, -0.05) is 31.4 Å². The number of hydrogen-bond acceptors (Lipinski definition) is 0. The molecule has 0 amide bonds. The lowest BCUT2D eigenvalue weighted by Gasteiger charge is -1.87. The highest BCUT2D eigenvalue weighted by molar-refractivity contribution is 6.30. The van der Waals surface area contributed by atoms with E-state index in [2.05, 4.69) is 5.92 Å². The van der Waals surface area contributed by atoms with Crippen molar-refractivity contribution in [2.45, 2.75) is 13.8 Å². The van der Waals surface area contributed by atoms with Gasteiger partial charge in [0.15, 0.2) is 0 Å². The Bertz CT molecular complexity index is 228. The van der Waals surface area contributed by atoms with Gasteiger partial charge in [-0.15, -0.1) is 6.42 Å². The largest absolute Gasteiger partial charge is 0.115 e. The topological polar surface area (TPSA) is 0 Å². The molecule has 0 aromatic heterocycles. The molecule has 0 saturated carbocycles. The van der Waals surface area contributed by atoms with Crippen LogP contribution in [0.2, 0.25) is 5.02 Å². The van der Waals surface area contributed by atoms with Gasteiger partial charge in [0, 0.05) is 10.6 Å². The SMILES string of the molecule is C#Cc1ccc(Cl)cc1.CC. The third kappa shape index (κ3) is 3.70. The summed E-state index contributed by atoms with van der Waals surface area (Å²) in [6.45, 7) is 4.00. The lowest BCUT2D eigenvalue weighted by atomic mass is 10.2. The van der Waals surface area contributed by atoms with E-state index in [4.69, 9.17) is 18.0 Å². The zero-order valence-corrected chi connectivity index (χ0v) is 7.52. The molecule has 1 aromatic carbocycles. The second-order valence-electron chi connectivity index (χ2n) is 1.65. The predicted molar refractivity (Wildman–Crippen MR) is 50.7 cm³/mol. The monoisotopic (exact) mass is 166 g/mol. The average molecular weight is 167 g/mol. The summed E-state index contributed by atoms with van der Waals surface area (Å²) < 4.78 is 0. The second-order valence-corrected chi connectivity index (χ2v) is 2.09. The fraction of sp³-hybridized carbons (Fsp3) is 0.200. The highest BCUT2D eigenvalue weighted by atomic mass is 35.5. The molecule has 1 rings (SSSR count). The minimum Gasteiger partial charge on any atom is -0.115 e. The van der Waals surface area contributed by atoms with Gasteiger partial charge in [-0.2, -0.15) is 0 Å². The van der Waals surface area contributed by atoms with E-state index >= 15 is 0 Å². The zero-order valence-electron chi connectivity index (χ0n) is 6.76. The van der Waals surface area contributed by atoms with Crippen LogP contribution in [0.5, 0.6) is 0 Å². The van der Waals surface area contributed by atoms with Gasteiger partial charge in [0.05, 0.1) is 0 Å². The Hall–Kier alpha value is -0.930. The lowest BCUT2D eigenvalue weighted by Crippen LogP contribution is -1.69. The number of hydrogen-bond donors (Lipinski definition) is 0. The molecule has 0 aliphatic rings. The van der Waals surface area contributed by atoms with Crippen LogP contribution < -0.4 is 0 Å². The van der Waals surface area contributed by atoms with E-state index in [9.17, 15) is 0 Å². The van der Waals surface area contributed by atoms with E-state index in [-0.39, 0.29) is 0 Å².